The Kier molecular flexibility index (Phi) is 4.68. The average Bonchev–Trinajstić information content (AvgIpc) is 3.27. The van der Waals surface area contributed by atoms with E-state index in [4.69, 9.17) is 10.8 Å². The summed E-state index contributed by atoms with van der Waals surface area (Å²) in [5, 5.41) is 14.4. The topological polar surface area (TPSA) is 105 Å². The van der Waals surface area contributed by atoms with Crippen LogP contribution in [0.2, 0.25) is 0 Å². The summed E-state index contributed by atoms with van der Waals surface area (Å²) in [5.74, 6) is 0. The lowest BCUT2D eigenvalue weighted by Crippen LogP contribution is -2.10. The van der Waals surface area contributed by atoms with E-state index in [1.165, 1.54) is 3.51 Å². The molecule has 0 radical (unpaired) electrons. The van der Waals surface area contributed by atoms with E-state index in [2.05, 4.69) is 39.1 Å². The van der Waals surface area contributed by atoms with Crippen LogP contribution in [-0.2, 0) is 6.54 Å². The minimum Gasteiger partial charge on any atom is -0.394 e. The van der Waals surface area contributed by atoms with Crippen molar-refractivity contribution < 1.29 is 5.11 Å². The predicted molar refractivity (Wildman–Crippen MR) is 113 cm³/mol. The van der Waals surface area contributed by atoms with Gasteiger partial charge in [0.2, 0.25) is 0 Å². The van der Waals surface area contributed by atoms with Gasteiger partial charge < -0.3 is 15.8 Å². The number of aliphatic hydroxyl groups is 1. The molecule has 4 N–H and O–H groups in total. The Morgan fingerprint density at radius 2 is 2.19 bits per heavy atom. The van der Waals surface area contributed by atoms with Crippen molar-refractivity contribution in [2.75, 3.05) is 6.61 Å². The lowest BCUT2D eigenvalue weighted by Gasteiger charge is -2.09. The smallest absolute Gasteiger partial charge is 0.157 e. The third-order valence-electron chi connectivity index (χ3n) is 4.19. The third kappa shape index (κ3) is 3.21. The first-order chi connectivity index (χ1) is 12.7. The second-order valence-corrected chi connectivity index (χ2v) is 8.71. The molecular formula is C18H19IN6O. The number of allylic oxidation sites excluding steroid dienone is 2. The van der Waals surface area contributed by atoms with Crippen LogP contribution in [-0.4, -0.2) is 38.8 Å². The highest BCUT2D eigenvalue weighted by Gasteiger charge is 2.14. The summed E-state index contributed by atoms with van der Waals surface area (Å²) in [6.07, 6.45) is 10.6. The lowest BCUT2D eigenvalue weighted by molar-refractivity contribution is 0.269. The fraction of sp³-hybridized carbons (Fsp3) is 0.222. The number of aliphatic imine (C=N–C) groups is 1. The average molecular weight is 462 g/mol. The lowest BCUT2D eigenvalue weighted by atomic mass is 10.1. The molecule has 1 aliphatic heterocycles. The summed E-state index contributed by atoms with van der Waals surface area (Å²) in [6, 6.07) is 2.13. The Hall–Kier alpha value is -2.33. The number of aromatic amines is 1. The molecule has 4 rings (SSSR count). The molecule has 0 saturated carbocycles. The van der Waals surface area contributed by atoms with Gasteiger partial charge in [-0.05, 0) is 39.3 Å². The molecule has 0 atom stereocenters. The van der Waals surface area contributed by atoms with Gasteiger partial charge in [0.15, 0.2) is 3.84 Å². The van der Waals surface area contributed by atoms with E-state index in [0.717, 1.165) is 43.7 Å². The van der Waals surface area contributed by atoms with Crippen LogP contribution in [0.1, 0.15) is 18.9 Å². The number of nitrogens with zero attached hydrogens (tertiary/aromatic N) is 4. The van der Waals surface area contributed by atoms with Gasteiger partial charge in [-0.3, -0.25) is 4.68 Å². The van der Waals surface area contributed by atoms with Crippen molar-refractivity contribution in [1.29, 1.82) is 0 Å². The number of pyridine rings is 1. The predicted octanol–water partition coefficient (Wildman–Crippen LogP) is 2.53. The maximum Gasteiger partial charge on any atom is 0.157 e. The van der Waals surface area contributed by atoms with Crippen LogP contribution in [0.4, 0.5) is 0 Å². The van der Waals surface area contributed by atoms with Gasteiger partial charge in [0, 0.05) is 49.9 Å². The zero-order valence-electron chi connectivity index (χ0n) is 14.3. The maximum absolute atomic E-state index is 9.05. The standard InChI is InChI=1S/C18H19IN6O/c1-2-13-6-16(19-18(20)24-13)15-9-22-17-14(15)5-11(7-21-17)12-8-23-25(10-12)3-4-26/h5-10,26H,2-4H2,1H3,(H2,20,24)(H,21,22). The molecular weight excluding hydrogens is 443 g/mol. The number of hydrogen-bond acceptors (Lipinski definition) is 5. The Labute approximate surface area is 160 Å². The quantitative estimate of drug-likeness (QED) is 0.400. The Morgan fingerprint density at radius 3 is 3.00 bits per heavy atom. The molecule has 0 amide bonds. The number of H-pyrrole nitrogens is 1. The molecule has 0 saturated heterocycles. The van der Waals surface area contributed by atoms with E-state index in [-0.39, 0.29) is 6.61 Å². The van der Waals surface area contributed by atoms with Crippen molar-refractivity contribution in [3.05, 3.63) is 48.2 Å². The maximum atomic E-state index is 9.05. The van der Waals surface area contributed by atoms with Gasteiger partial charge >= 0.3 is 0 Å². The van der Waals surface area contributed by atoms with Crippen LogP contribution < -0.4 is 5.73 Å². The highest BCUT2D eigenvalue weighted by Crippen LogP contribution is 2.28. The summed E-state index contributed by atoms with van der Waals surface area (Å²) in [4.78, 5) is 12.3. The van der Waals surface area contributed by atoms with Crippen molar-refractivity contribution in [2.24, 2.45) is 10.7 Å². The van der Waals surface area contributed by atoms with Crippen molar-refractivity contribution in [1.82, 2.24) is 19.7 Å². The van der Waals surface area contributed by atoms with Crippen LogP contribution in [0.5, 0.6) is 0 Å². The summed E-state index contributed by atoms with van der Waals surface area (Å²) in [6.45, 7) is 2.64. The Morgan fingerprint density at radius 1 is 1.31 bits per heavy atom. The first kappa shape index (κ1) is 17.1. The molecule has 0 bridgehead atoms. The normalized spacial score (nSPS) is 14.6. The number of nitrogens with two attached hydrogens (primary N) is 1. The minimum absolute atomic E-state index is 0.0669. The second-order valence-electron chi connectivity index (χ2n) is 5.90. The fourth-order valence-corrected chi connectivity index (χ4v) is 5.15. The van der Waals surface area contributed by atoms with Crippen LogP contribution in [0.15, 0.2) is 47.6 Å². The Balaban J connectivity index is 1.78. The molecule has 0 aliphatic carbocycles. The van der Waals surface area contributed by atoms with E-state index >= 15 is 0 Å². The molecule has 0 aromatic carbocycles. The van der Waals surface area contributed by atoms with Gasteiger partial charge in [0.1, 0.15) is 5.65 Å². The Bertz CT molecular complexity index is 1060. The molecule has 0 spiro atoms. The van der Waals surface area contributed by atoms with Crippen molar-refractivity contribution >= 4 is 39.1 Å². The molecule has 4 heterocycles. The van der Waals surface area contributed by atoms with Crippen molar-refractivity contribution in [3.63, 3.8) is 0 Å². The number of hydrogen-bond donors (Lipinski definition) is 3. The molecule has 26 heavy (non-hydrogen) atoms. The number of aromatic nitrogens is 4. The molecule has 3 aromatic rings. The van der Waals surface area contributed by atoms with E-state index in [1.807, 2.05) is 18.6 Å². The number of nitrogens with one attached hydrogen (secondary N) is 1. The first-order valence-electron chi connectivity index (χ1n) is 8.35. The molecule has 3 aromatic heterocycles. The van der Waals surface area contributed by atoms with E-state index in [9.17, 15) is 0 Å². The number of rotatable bonds is 5. The van der Waals surface area contributed by atoms with Crippen LogP contribution in [0.25, 0.3) is 22.2 Å². The number of amidine groups is 1. The summed E-state index contributed by atoms with van der Waals surface area (Å²) in [5.41, 5.74) is 11.1. The molecule has 0 unspecified atom stereocenters. The number of aliphatic hydroxyl groups excluding tert-OH is 1. The zero-order valence-corrected chi connectivity index (χ0v) is 16.4. The SMILES string of the molecule is CCC1=CC(c2c[nH]c3ncc(-c4cnn(CCO)c4)cc23)=IC(N)=N1. The first-order valence-corrected chi connectivity index (χ1v) is 10.5. The van der Waals surface area contributed by atoms with Crippen LogP contribution >= 0.6 is 20.7 Å². The molecule has 0 fully saturated rings. The highest BCUT2D eigenvalue weighted by atomic mass is 127. The summed E-state index contributed by atoms with van der Waals surface area (Å²) >= 11 is -0.465. The van der Waals surface area contributed by atoms with Crippen molar-refractivity contribution in [3.8, 4) is 11.1 Å². The summed E-state index contributed by atoms with van der Waals surface area (Å²) in [7, 11) is 0. The van der Waals surface area contributed by atoms with Gasteiger partial charge in [-0.2, -0.15) is 5.10 Å². The third-order valence-corrected chi connectivity index (χ3v) is 6.46. The second kappa shape index (κ2) is 7.12. The van der Waals surface area contributed by atoms with E-state index in [1.54, 1.807) is 10.9 Å². The monoisotopic (exact) mass is 462 g/mol. The molecule has 134 valence electrons. The fourth-order valence-electron chi connectivity index (χ4n) is 2.87. The van der Waals surface area contributed by atoms with Crippen molar-refractivity contribution in [2.45, 2.75) is 19.9 Å². The van der Waals surface area contributed by atoms with Gasteiger partial charge in [0.05, 0.1) is 19.3 Å². The number of halogens is 1. The van der Waals surface area contributed by atoms with Gasteiger partial charge in [0.25, 0.3) is 0 Å². The summed E-state index contributed by atoms with van der Waals surface area (Å²) < 4.78 is 3.74. The van der Waals surface area contributed by atoms with Gasteiger partial charge in [-0.25, -0.2) is 9.98 Å². The van der Waals surface area contributed by atoms with Gasteiger partial charge in [-0.1, -0.05) is 6.92 Å². The molecule has 8 heteroatoms. The number of fused-ring (bicyclic) bond motifs is 1. The molecule has 1 aliphatic rings. The van der Waals surface area contributed by atoms with E-state index in [0.29, 0.717) is 6.54 Å². The van der Waals surface area contributed by atoms with Crippen LogP contribution in [0, 0.1) is 0 Å². The zero-order chi connectivity index (χ0) is 18.1. The minimum atomic E-state index is -0.465. The van der Waals surface area contributed by atoms with E-state index < -0.39 is 20.7 Å². The molecule has 7 nitrogen and oxygen atoms in total. The highest BCUT2D eigenvalue weighted by molar-refractivity contribution is 14.2. The van der Waals surface area contributed by atoms with Gasteiger partial charge in [-0.15, -0.1) is 0 Å². The van der Waals surface area contributed by atoms with Crippen LogP contribution in [0.3, 0.4) is 0 Å². The largest absolute Gasteiger partial charge is 0.394 e.